The van der Waals surface area contributed by atoms with Gasteiger partial charge in [-0.25, -0.2) is 4.98 Å². The van der Waals surface area contributed by atoms with Gasteiger partial charge in [0.05, 0.1) is 12.2 Å². The second-order valence-electron chi connectivity index (χ2n) is 4.59. The van der Waals surface area contributed by atoms with Gasteiger partial charge in [0, 0.05) is 30.1 Å². The van der Waals surface area contributed by atoms with E-state index in [1.807, 2.05) is 22.9 Å². The van der Waals surface area contributed by atoms with E-state index in [1.165, 1.54) is 0 Å². The van der Waals surface area contributed by atoms with Gasteiger partial charge in [0.15, 0.2) is 5.78 Å². The number of imidazole rings is 1. The highest BCUT2D eigenvalue weighted by atomic mass is 16.4. The molecule has 0 bridgehead atoms. The third-order valence-electron chi connectivity index (χ3n) is 3.27. The minimum Gasteiger partial charge on any atom is -0.481 e. The molecule has 104 valence electrons. The van der Waals surface area contributed by atoms with Crippen molar-refractivity contribution in [3.63, 3.8) is 0 Å². The number of hydrogen-bond acceptors (Lipinski definition) is 3. The molecule has 0 saturated heterocycles. The van der Waals surface area contributed by atoms with E-state index in [0.717, 1.165) is 5.69 Å². The molecule has 2 aromatic rings. The van der Waals surface area contributed by atoms with Crippen molar-refractivity contribution in [2.24, 2.45) is 5.92 Å². The third kappa shape index (κ3) is 3.12. The van der Waals surface area contributed by atoms with Gasteiger partial charge in [-0.15, -0.1) is 0 Å². The highest BCUT2D eigenvalue weighted by Gasteiger charge is 2.19. The maximum Gasteiger partial charge on any atom is 0.306 e. The Kier molecular flexibility index (Phi) is 4.30. The lowest BCUT2D eigenvalue weighted by Gasteiger charge is -2.09. The van der Waals surface area contributed by atoms with E-state index in [-0.39, 0.29) is 12.2 Å². The van der Waals surface area contributed by atoms with Gasteiger partial charge in [0.1, 0.15) is 0 Å². The molecule has 5 heteroatoms. The van der Waals surface area contributed by atoms with Crippen molar-refractivity contribution in [3.05, 3.63) is 48.5 Å². The number of carboxylic acid groups (broad SMARTS) is 1. The Labute approximate surface area is 116 Å². The van der Waals surface area contributed by atoms with Crippen molar-refractivity contribution >= 4 is 11.8 Å². The Morgan fingerprint density at radius 1 is 1.30 bits per heavy atom. The van der Waals surface area contributed by atoms with E-state index in [4.69, 9.17) is 5.11 Å². The Morgan fingerprint density at radius 3 is 2.50 bits per heavy atom. The van der Waals surface area contributed by atoms with Crippen molar-refractivity contribution in [1.29, 1.82) is 0 Å². The summed E-state index contributed by atoms with van der Waals surface area (Å²) in [4.78, 5) is 26.9. The summed E-state index contributed by atoms with van der Waals surface area (Å²) in [6.45, 7) is 1.77. The van der Waals surface area contributed by atoms with Gasteiger partial charge in [-0.1, -0.05) is 6.92 Å². The number of carboxylic acids is 1. The van der Waals surface area contributed by atoms with Crippen LogP contribution in [-0.2, 0) is 4.79 Å². The predicted molar refractivity (Wildman–Crippen MR) is 73.9 cm³/mol. The van der Waals surface area contributed by atoms with Crippen molar-refractivity contribution in [2.75, 3.05) is 0 Å². The standard InChI is InChI=1S/C15H16N2O3/c1-2-11(15(19)20)9-14(18)12-3-5-13(6-4-12)17-8-7-16-10-17/h3-8,10-11H,2,9H2,1H3,(H,19,20). The highest BCUT2D eigenvalue weighted by Crippen LogP contribution is 2.15. The molecule has 0 fully saturated rings. The van der Waals surface area contributed by atoms with E-state index < -0.39 is 11.9 Å². The molecule has 1 atom stereocenters. The van der Waals surface area contributed by atoms with Crippen LogP contribution in [0, 0.1) is 5.92 Å². The van der Waals surface area contributed by atoms with E-state index in [0.29, 0.717) is 12.0 Å². The predicted octanol–water partition coefficient (Wildman–Crippen LogP) is 2.56. The first-order chi connectivity index (χ1) is 9.61. The third-order valence-corrected chi connectivity index (χ3v) is 3.27. The number of ketones is 1. The van der Waals surface area contributed by atoms with Crippen LogP contribution in [0.3, 0.4) is 0 Å². The average Bonchev–Trinajstić information content (AvgIpc) is 2.98. The van der Waals surface area contributed by atoms with E-state index in [2.05, 4.69) is 4.98 Å². The zero-order chi connectivity index (χ0) is 14.5. The van der Waals surface area contributed by atoms with Gasteiger partial charge in [0.2, 0.25) is 0 Å². The van der Waals surface area contributed by atoms with Crippen molar-refractivity contribution < 1.29 is 14.7 Å². The Bertz CT molecular complexity index is 588. The number of Topliss-reactive ketones (excluding diaryl/α,β-unsaturated/α-hetero) is 1. The second-order valence-corrected chi connectivity index (χ2v) is 4.59. The molecule has 1 N–H and O–H groups in total. The lowest BCUT2D eigenvalue weighted by Crippen LogP contribution is -2.17. The number of aromatic nitrogens is 2. The zero-order valence-corrected chi connectivity index (χ0v) is 11.2. The van der Waals surface area contributed by atoms with Crippen LogP contribution in [0.1, 0.15) is 30.1 Å². The van der Waals surface area contributed by atoms with Crippen LogP contribution in [0.4, 0.5) is 0 Å². The van der Waals surface area contributed by atoms with Gasteiger partial charge in [-0.3, -0.25) is 9.59 Å². The largest absolute Gasteiger partial charge is 0.481 e. The molecule has 1 aromatic carbocycles. The summed E-state index contributed by atoms with van der Waals surface area (Å²) in [5.41, 5.74) is 1.44. The highest BCUT2D eigenvalue weighted by molar-refractivity contribution is 5.98. The van der Waals surface area contributed by atoms with Crippen LogP contribution in [0.15, 0.2) is 43.0 Å². The molecule has 0 saturated carbocycles. The van der Waals surface area contributed by atoms with Gasteiger partial charge in [-0.05, 0) is 30.7 Å². The monoisotopic (exact) mass is 272 g/mol. The molecular weight excluding hydrogens is 256 g/mol. The summed E-state index contributed by atoms with van der Waals surface area (Å²) in [6.07, 6.45) is 5.66. The fourth-order valence-electron chi connectivity index (χ4n) is 1.98. The molecule has 0 aliphatic rings. The number of carbonyl (C=O) groups is 2. The minimum atomic E-state index is -0.920. The molecule has 1 unspecified atom stereocenters. The number of nitrogens with zero attached hydrogens (tertiary/aromatic N) is 2. The quantitative estimate of drug-likeness (QED) is 0.820. The molecule has 1 aromatic heterocycles. The van der Waals surface area contributed by atoms with Crippen LogP contribution < -0.4 is 0 Å². The number of rotatable bonds is 6. The maximum atomic E-state index is 12.0. The van der Waals surface area contributed by atoms with Crippen LogP contribution >= 0.6 is 0 Å². The number of carbonyl (C=O) groups excluding carboxylic acids is 1. The first kappa shape index (κ1) is 14.0. The molecule has 0 spiro atoms. The molecule has 0 aliphatic heterocycles. The van der Waals surface area contributed by atoms with Crippen molar-refractivity contribution in [1.82, 2.24) is 9.55 Å². The Balaban J connectivity index is 2.10. The van der Waals surface area contributed by atoms with E-state index >= 15 is 0 Å². The van der Waals surface area contributed by atoms with Crippen molar-refractivity contribution in [2.45, 2.75) is 19.8 Å². The minimum absolute atomic E-state index is 0.0380. The first-order valence-corrected chi connectivity index (χ1v) is 6.46. The number of aliphatic carboxylic acids is 1. The Morgan fingerprint density at radius 2 is 2.00 bits per heavy atom. The first-order valence-electron chi connectivity index (χ1n) is 6.46. The summed E-state index contributed by atoms with van der Waals surface area (Å²) in [7, 11) is 0. The lowest BCUT2D eigenvalue weighted by atomic mass is 9.96. The SMILES string of the molecule is CCC(CC(=O)c1ccc(-n2ccnc2)cc1)C(=O)O. The van der Waals surface area contributed by atoms with Crippen LogP contribution in [0.25, 0.3) is 5.69 Å². The van der Waals surface area contributed by atoms with Gasteiger partial charge < -0.3 is 9.67 Å². The molecule has 5 nitrogen and oxygen atoms in total. The lowest BCUT2D eigenvalue weighted by molar-refractivity contribution is -0.141. The molecule has 2 rings (SSSR count). The average molecular weight is 272 g/mol. The number of hydrogen-bond donors (Lipinski definition) is 1. The fraction of sp³-hybridized carbons (Fsp3) is 0.267. The van der Waals surface area contributed by atoms with Crippen molar-refractivity contribution in [3.8, 4) is 5.69 Å². The fourth-order valence-corrected chi connectivity index (χ4v) is 1.98. The van der Waals surface area contributed by atoms with Crippen LogP contribution in [0.5, 0.6) is 0 Å². The summed E-state index contributed by atoms with van der Waals surface area (Å²) in [6, 6.07) is 7.06. The van der Waals surface area contributed by atoms with E-state index in [9.17, 15) is 9.59 Å². The summed E-state index contributed by atoms with van der Waals surface area (Å²) in [5, 5.41) is 8.98. The molecule has 0 radical (unpaired) electrons. The van der Waals surface area contributed by atoms with E-state index in [1.54, 1.807) is 31.6 Å². The Hall–Kier alpha value is -2.43. The smallest absolute Gasteiger partial charge is 0.306 e. The molecular formula is C15H16N2O3. The number of benzene rings is 1. The van der Waals surface area contributed by atoms with Crippen LogP contribution in [-0.4, -0.2) is 26.4 Å². The topological polar surface area (TPSA) is 72.2 Å². The molecule has 20 heavy (non-hydrogen) atoms. The summed E-state index contributed by atoms with van der Waals surface area (Å²) >= 11 is 0. The molecule has 1 heterocycles. The van der Waals surface area contributed by atoms with Gasteiger partial charge in [-0.2, -0.15) is 0 Å². The van der Waals surface area contributed by atoms with Gasteiger partial charge in [0.25, 0.3) is 0 Å². The van der Waals surface area contributed by atoms with Crippen LogP contribution in [0.2, 0.25) is 0 Å². The van der Waals surface area contributed by atoms with Gasteiger partial charge >= 0.3 is 5.97 Å². The zero-order valence-electron chi connectivity index (χ0n) is 11.2. The maximum absolute atomic E-state index is 12.0. The second kappa shape index (κ2) is 6.14. The summed E-state index contributed by atoms with van der Waals surface area (Å²) in [5.74, 6) is -1.68. The molecule has 0 aliphatic carbocycles. The summed E-state index contributed by atoms with van der Waals surface area (Å²) < 4.78 is 1.83. The normalized spacial score (nSPS) is 12.1. The molecule has 0 amide bonds.